The summed E-state index contributed by atoms with van der Waals surface area (Å²) in [5.74, 6) is 0. The molecule has 0 aromatic heterocycles. The van der Waals surface area contributed by atoms with Gasteiger partial charge in [-0.3, -0.25) is 4.90 Å². The van der Waals surface area contributed by atoms with E-state index >= 15 is 0 Å². The lowest BCUT2D eigenvalue weighted by atomic mass is 10.1. The van der Waals surface area contributed by atoms with Crippen LogP contribution in [0.5, 0.6) is 0 Å². The molecule has 0 saturated carbocycles. The molecule has 5 nitrogen and oxygen atoms in total. The van der Waals surface area contributed by atoms with Gasteiger partial charge in [0.25, 0.3) is 0 Å². The molecule has 0 spiro atoms. The summed E-state index contributed by atoms with van der Waals surface area (Å²) in [4.78, 5) is 16.3. The lowest BCUT2D eigenvalue weighted by Gasteiger charge is -2.31. The Hall–Kier alpha value is -2.28. The van der Waals surface area contributed by atoms with E-state index in [9.17, 15) is 9.90 Å². The molecule has 2 atom stereocenters. The molecule has 4 rings (SSSR count). The van der Waals surface area contributed by atoms with Crippen molar-refractivity contribution in [2.45, 2.75) is 31.8 Å². The number of hydrogen-bond donors (Lipinski definition) is 1. The molecule has 1 fully saturated rings. The van der Waals surface area contributed by atoms with Crippen molar-refractivity contribution in [1.29, 1.82) is 0 Å². The molecule has 1 heterocycles. The highest BCUT2D eigenvalue weighted by molar-refractivity contribution is 6.33. The Bertz CT molecular complexity index is 1130. The minimum absolute atomic E-state index is 0.179. The molecule has 34 heavy (non-hydrogen) atoms. The fourth-order valence-corrected chi connectivity index (χ4v) is 4.67. The van der Waals surface area contributed by atoms with Crippen molar-refractivity contribution >= 4 is 40.9 Å². The predicted octanol–water partition coefficient (Wildman–Crippen LogP) is 6.03. The number of β-amino-alcohol motifs (C(OH)–C–C–N with tert-alkyl or cyclic N) is 1. The summed E-state index contributed by atoms with van der Waals surface area (Å²) in [5, 5.41) is 12.7. The van der Waals surface area contributed by atoms with Gasteiger partial charge in [0.2, 0.25) is 0 Å². The van der Waals surface area contributed by atoms with Gasteiger partial charge in [-0.2, -0.15) is 0 Å². The standard InChI is InChI=1S/C26H25Cl3N2O3/c27-21-10-11-23(29)20(12-21)14-30(13-19-8-4-5-9-22(19)28)24-15-31(16-25(24)32)26(33)34-17-18-6-2-1-3-7-18/h1-12,24-25,32H,13-17H2/t24-,25-/m1/s1. The second kappa shape index (κ2) is 11.4. The molecule has 8 heteroatoms. The van der Waals surface area contributed by atoms with Crippen molar-refractivity contribution in [3.63, 3.8) is 0 Å². The smallest absolute Gasteiger partial charge is 0.410 e. The molecule has 1 saturated heterocycles. The van der Waals surface area contributed by atoms with Gasteiger partial charge in [-0.05, 0) is 41.0 Å². The maximum atomic E-state index is 12.7. The van der Waals surface area contributed by atoms with Gasteiger partial charge >= 0.3 is 6.09 Å². The number of hydrogen-bond acceptors (Lipinski definition) is 4. The van der Waals surface area contributed by atoms with Crippen LogP contribution in [0.1, 0.15) is 16.7 Å². The van der Waals surface area contributed by atoms with Gasteiger partial charge in [0.15, 0.2) is 0 Å². The minimum atomic E-state index is -0.760. The molecule has 1 aliphatic rings. The number of halogens is 3. The second-order valence-corrected chi connectivity index (χ2v) is 9.56. The number of rotatable bonds is 7. The van der Waals surface area contributed by atoms with Crippen LogP contribution < -0.4 is 0 Å². The van der Waals surface area contributed by atoms with E-state index < -0.39 is 12.2 Å². The van der Waals surface area contributed by atoms with E-state index in [0.717, 1.165) is 16.7 Å². The van der Waals surface area contributed by atoms with Crippen molar-refractivity contribution in [1.82, 2.24) is 9.80 Å². The van der Waals surface area contributed by atoms with Crippen LogP contribution in [0.25, 0.3) is 0 Å². The van der Waals surface area contributed by atoms with E-state index in [1.165, 1.54) is 4.90 Å². The molecule has 0 aliphatic carbocycles. The number of amides is 1. The monoisotopic (exact) mass is 518 g/mol. The normalized spacial score (nSPS) is 17.9. The van der Waals surface area contributed by atoms with Gasteiger partial charge in [-0.25, -0.2) is 4.79 Å². The first-order valence-electron chi connectivity index (χ1n) is 11.0. The summed E-state index contributed by atoms with van der Waals surface area (Å²) < 4.78 is 5.48. The summed E-state index contributed by atoms with van der Waals surface area (Å²) in [6.07, 6.45) is -1.21. The molecule has 3 aromatic carbocycles. The summed E-state index contributed by atoms with van der Waals surface area (Å²) in [5.41, 5.74) is 2.65. The Balaban J connectivity index is 1.51. The minimum Gasteiger partial charge on any atom is -0.445 e. The van der Waals surface area contributed by atoms with Crippen molar-refractivity contribution in [3.05, 3.63) is 105 Å². The largest absolute Gasteiger partial charge is 0.445 e. The lowest BCUT2D eigenvalue weighted by Crippen LogP contribution is -2.42. The highest BCUT2D eigenvalue weighted by Crippen LogP contribution is 2.28. The summed E-state index contributed by atoms with van der Waals surface area (Å²) in [6.45, 7) is 1.58. The SMILES string of the molecule is O=C(OCc1ccccc1)N1C[C@@H](O)[C@H](N(Cc2ccccc2Cl)Cc2cc(Cl)ccc2Cl)C1. The van der Waals surface area contributed by atoms with Crippen LogP contribution in [-0.4, -0.2) is 46.2 Å². The number of carbonyl (C=O) groups is 1. The number of aliphatic hydroxyl groups excluding tert-OH is 1. The zero-order chi connectivity index (χ0) is 24.1. The highest BCUT2D eigenvalue weighted by Gasteiger charge is 2.38. The fourth-order valence-electron chi connectivity index (χ4n) is 4.11. The number of benzene rings is 3. The molecular weight excluding hydrogens is 495 g/mol. The molecule has 1 N–H and O–H groups in total. The van der Waals surface area contributed by atoms with Gasteiger partial charge in [-0.15, -0.1) is 0 Å². The molecule has 178 valence electrons. The Morgan fingerprint density at radius 2 is 1.59 bits per heavy atom. The number of likely N-dealkylation sites (tertiary alicyclic amines) is 1. The first-order valence-corrected chi connectivity index (χ1v) is 12.1. The Morgan fingerprint density at radius 1 is 0.912 bits per heavy atom. The highest BCUT2D eigenvalue weighted by atomic mass is 35.5. The zero-order valence-corrected chi connectivity index (χ0v) is 20.7. The molecule has 1 aliphatic heterocycles. The van der Waals surface area contributed by atoms with Gasteiger partial charge in [-0.1, -0.05) is 83.3 Å². The fraction of sp³-hybridized carbons (Fsp3) is 0.269. The van der Waals surface area contributed by atoms with Gasteiger partial charge in [0.05, 0.1) is 18.7 Å². The van der Waals surface area contributed by atoms with Crippen LogP contribution in [0.15, 0.2) is 72.8 Å². The molecular formula is C26H25Cl3N2O3. The topological polar surface area (TPSA) is 53.0 Å². The Kier molecular flexibility index (Phi) is 8.35. The number of aliphatic hydroxyl groups is 1. The Morgan fingerprint density at radius 3 is 2.35 bits per heavy atom. The quantitative estimate of drug-likeness (QED) is 0.414. The first kappa shape index (κ1) is 24.8. The van der Waals surface area contributed by atoms with Crippen molar-refractivity contribution in [3.8, 4) is 0 Å². The van der Waals surface area contributed by atoms with E-state index in [2.05, 4.69) is 4.90 Å². The van der Waals surface area contributed by atoms with Crippen LogP contribution in [0.3, 0.4) is 0 Å². The lowest BCUT2D eigenvalue weighted by molar-refractivity contribution is 0.0728. The zero-order valence-electron chi connectivity index (χ0n) is 18.4. The molecule has 1 amide bonds. The summed E-state index contributed by atoms with van der Waals surface area (Å²) >= 11 is 19.1. The van der Waals surface area contributed by atoms with Crippen LogP contribution >= 0.6 is 34.8 Å². The molecule has 0 bridgehead atoms. The number of carbonyl (C=O) groups excluding carboxylic acids is 1. The summed E-state index contributed by atoms with van der Waals surface area (Å²) in [6, 6.07) is 22.0. The average molecular weight is 520 g/mol. The van der Waals surface area contributed by atoms with E-state index in [4.69, 9.17) is 39.5 Å². The van der Waals surface area contributed by atoms with E-state index in [1.807, 2.05) is 60.7 Å². The average Bonchev–Trinajstić information content (AvgIpc) is 3.23. The van der Waals surface area contributed by atoms with Crippen LogP contribution in [0, 0.1) is 0 Å². The number of ether oxygens (including phenoxy) is 1. The van der Waals surface area contributed by atoms with Crippen molar-refractivity contribution < 1.29 is 14.6 Å². The van der Waals surface area contributed by atoms with Crippen molar-refractivity contribution in [2.24, 2.45) is 0 Å². The van der Waals surface area contributed by atoms with Gasteiger partial charge in [0, 0.05) is 34.7 Å². The van der Waals surface area contributed by atoms with E-state index in [-0.39, 0.29) is 19.2 Å². The third-order valence-electron chi connectivity index (χ3n) is 5.90. The maximum Gasteiger partial charge on any atom is 0.410 e. The first-order chi connectivity index (χ1) is 16.4. The van der Waals surface area contributed by atoms with Gasteiger partial charge in [0.1, 0.15) is 6.61 Å². The third-order valence-corrected chi connectivity index (χ3v) is 6.88. The predicted molar refractivity (Wildman–Crippen MR) is 135 cm³/mol. The molecule has 0 unspecified atom stereocenters. The second-order valence-electron chi connectivity index (χ2n) is 8.31. The summed E-state index contributed by atoms with van der Waals surface area (Å²) in [7, 11) is 0. The molecule has 0 radical (unpaired) electrons. The molecule has 3 aromatic rings. The Labute approximate surface area is 214 Å². The van der Waals surface area contributed by atoms with Crippen LogP contribution in [0.2, 0.25) is 15.1 Å². The van der Waals surface area contributed by atoms with E-state index in [0.29, 0.717) is 34.7 Å². The maximum absolute atomic E-state index is 12.7. The van der Waals surface area contributed by atoms with Crippen LogP contribution in [-0.2, 0) is 24.4 Å². The van der Waals surface area contributed by atoms with Crippen LogP contribution in [0.4, 0.5) is 4.79 Å². The van der Waals surface area contributed by atoms with Crippen molar-refractivity contribution in [2.75, 3.05) is 13.1 Å². The van der Waals surface area contributed by atoms with Gasteiger partial charge < -0.3 is 14.7 Å². The van der Waals surface area contributed by atoms with E-state index in [1.54, 1.807) is 12.1 Å². The third kappa shape index (κ3) is 6.23. The number of nitrogens with zero attached hydrogens (tertiary/aromatic N) is 2.